The van der Waals surface area contributed by atoms with Crippen LogP contribution < -0.4 is 0 Å². The number of fused-ring (bicyclic) bond motifs is 6. The summed E-state index contributed by atoms with van der Waals surface area (Å²) >= 11 is 0. The van der Waals surface area contributed by atoms with Crippen LogP contribution in [-0.4, -0.2) is 19.1 Å². The Kier molecular flexibility index (Phi) is 6.82. The highest BCUT2D eigenvalue weighted by Gasteiger charge is 2.17. The van der Waals surface area contributed by atoms with Crippen molar-refractivity contribution >= 4 is 54.4 Å². The van der Waals surface area contributed by atoms with Gasteiger partial charge in [-0.1, -0.05) is 115 Å². The highest BCUT2D eigenvalue weighted by molar-refractivity contribution is 6.13. The molecule has 3 aromatic heterocycles. The quantitative estimate of drug-likeness (QED) is 0.180. The summed E-state index contributed by atoms with van der Waals surface area (Å²) in [4.78, 5) is 10.3. The predicted octanol–water partition coefficient (Wildman–Crippen LogP) is 12.8. The smallest absolute Gasteiger partial charge is 0.160 e. The Balaban J connectivity index is 0.989. The molecule has 0 atom stereocenters. The molecule has 4 nitrogen and oxygen atoms in total. The first kappa shape index (κ1) is 30.3. The average molecular weight is 689 g/mol. The summed E-state index contributed by atoms with van der Waals surface area (Å²) in [5.41, 5.74) is 12.1. The van der Waals surface area contributed by atoms with Crippen LogP contribution in [0, 0.1) is 0 Å². The molecule has 0 radical (unpaired) electrons. The van der Waals surface area contributed by atoms with Crippen LogP contribution in [0.5, 0.6) is 0 Å². The minimum Gasteiger partial charge on any atom is -0.317 e. The van der Waals surface area contributed by atoms with Crippen LogP contribution in [0.15, 0.2) is 194 Å². The third-order valence-electron chi connectivity index (χ3n) is 10.7. The lowest BCUT2D eigenvalue weighted by Crippen LogP contribution is -1.97. The number of benzene rings is 8. The fourth-order valence-electron chi connectivity index (χ4n) is 8.06. The fraction of sp³-hybridized carbons (Fsp3) is 0. The molecule has 0 N–H and O–H groups in total. The first-order chi connectivity index (χ1) is 26.7. The number of rotatable bonds is 5. The second-order valence-corrected chi connectivity index (χ2v) is 13.9. The Labute approximate surface area is 311 Å². The largest absolute Gasteiger partial charge is 0.317 e. The van der Waals surface area contributed by atoms with Crippen LogP contribution in [0.4, 0.5) is 0 Å². The summed E-state index contributed by atoms with van der Waals surface area (Å²) in [5, 5.41) is 7.19. The molecule has 0 unspecified atom stereocenters. The molecule has 11 rings (SSSR count). The standard InChI is InChI=1S/C50H32N4/c1-2-12-40(13-3-1)53-29-28-39-31-48-44(32-47(39)53)42-14-7-9-17-46(42)54(48)41-26-24-36(25-27-41)50-51-45-16-8-6-15-43(45)49(52-50)35-21-18-34(19-22-35)38-23-20-33-10-4-5-11-37(33)30-38/h1-32H. The minimum absolute atomic E-state index is 0.708. The third kappa shape index (κ3) is 4.92. The molecule has 11 aromatic rings. The van der Waals surface area contributed by atoms with Gasteiger partial charge in [-0.05, 0) is 94.7 Å². The van der Waals surface area contributed by atoms with Crippen molar-refractivity contribution in [3.05, 3.63) is 194 Å². The van der Waals surface area contributed by atoms with E-state index >= 15 is 0 Å². The van der Waals surface area contributed by atoms with Crippen LogP contribution >= 0.6 is 0 Å². The average Bonchev–Trinajstić information content (AvgIpc) is 3.81. The van der Waals surface area contributed by atoms with Crippen molar-refractivity contribution in [2.24, 2.45) is 0 Å². The van der Waals surface area contributed by atoms with E-state index in [1.165, 1.54) is 54.6 Å². The molecule has 8 aromatic carbocycles. The maximum Gasteiger partial charge on any atom is 0.160 e. The Morgan fingerprint density at radius 3 is 1.89 bits per heavy atom. The fourth-order valence-corrected chi connectivity index (χ4v) is 8.06. The first-order valence-corrected chi connectivity index (χ1v) is 18.3. The highest BCUT2D eigenvalue weighted by atomic mass is 15.0. The van der Waals surface area contributed by atoms with Crippen LogP contribution in [0.3, 0.4) is 0 Å². The summed E-state index contributed by atoms with van der Waals surface area (Å²) in [6.07, 6.45) is 2.16. The van der Waals surface area contributed by atoms with Gasteiger partial charge in [0.25, 0.3) is 0 Å². The maximum absolute atomic E-state index is 5.22. The molecule has 0 fully saturated rings. The Morgan fingerprint density at radius 1 is 0.352 bits per heavy atom. The van der Waals surface area contributed by atoms with Gasteiger partial charge in [-0.25, -0.2) is 9.97 Å². The van der Waals surface area contributed by atoms with E-state index in [1.54, 1.807) is 0 Å². The lowest BCUT2D eigenvalue weighted by atomic mass is 9.98. The zero-order valence-corrected chi connectivity index (χ0v) is 29.3. The summed E-state index contributed by atoms with van der Waals surface area (Å²) in [6.45, 7) is 0. The van der Waals surface area contributed by atoms with Gasteiger partial charge in [0.15, 0.2) is 5.82 Å². The zero-order chi connectivity index (χ0) is 35.6. The van der Waals surface area contributed by atoms with Crippen LogP contribution in [0.25, 0.3) is 99.5 Å². The molecule has 0 aliphatic carbocycles. The van der Waals surface area contributed by atoms with Gasteiger partial charge in [-0.2, -0.15) is 0 Å². The van der Waals surface area contributed by atoms with E-state index in [4.69, 9.17) is 9.97 Å². The first-order valence-electron chi connectivity index (χ1n) is 18.3. The molecule has 0 bridgehead atoms. The van der Waals surface area contributed by atoms with E-state index in [0.29, 0.717) is 5.82 Å². The van der Waals surface area contributed by atoms with Crippen LogP contribution in [-0.2, 0) is 0 Å². The molecule has 0 amide bonds. The van der Waals surface area contributed by atoms with Crippen molar-refractivity contribution in [1.82, 2.24) is 19.1 Å². The number of para-hydroxylation sites is 3. The summed E-state index contributed by atoms with van der Waals surface area (Å²) in [7, 11) is 0. The second kappa shape index (κ2) is 12.1. The van der Waals surface area contributed by atoms with Crippen molar-refractivity contribution in [2.75, 3.05) is 0 Å². The lowest BCUT2D eigenvalue weighted by Gasteiger charge is -2.12. The molecule has 4 heteroatoms. The Morgan fingerprint density at radius 2 is 1.04 bits per heavy atom. The molecular weight excluding hydrogens is 657 g/mol. The molecule has 0 saturated heterocycles. The van der Waals surface area contributed by atoms with Crippen molar-refractivity contribution in [1.29, 1.82) is 0 Å². The van der Waals surface area contributed by atoms with E-state index in [2.05, 4.69) is 197 Å². The van der Waals surface area contributed by atoms with E-state index in [1.807, 2.05) is 6.07 Å². The monoisotopic (exact) mass is 688 g/mol. The van der Waals surface area contributed by atoms with Gasteiger partial charge in [0.05, 0.1) is 27.8 Å². The van der Waals surface area contributed by atoms with Crippen molar-refractivity contribution in [3.63, 3.8) is 0 Å². The molecule has 0 saturated carbocycles. The second-order valence-electron chi connectivity index (χ2n) is 13.9. The summed E-state index contributed by atoms with van der Waals surface area (Å²) in [6, 6.07) is 66.9. The molecule has 0 spiro atoms. The van der Waals surface area contributed by atoms with Crippen molar-refractivity contribution in [3.8, 4) is 45.1 Å². The lowest BCUT2D eigenvalue weighted by molar-refractivity contribution is 1.13. The SMILES string of the molecule is c1ccc(-n2ccc3cc4c(cc32)c2ccccc2n4-c2ccc(-c3nc(-c4ccc(-c5ccc6ccccc6c5)cc4)c4ccccc4n3)cc2)cc1. The van der Waals surface area contributed by atoms with Gasteiger partial charge in [-0.3, -0.25) is 0 Å². The third-order valence-corrected chi connectivity index (χ3v) is 10.7. The van der Waals surface area contributed by atoms with E-state index < -0.39 is 0 Å². The van der Waals surface area contributed by atoms with Gasteiger partial charge >= 0.3 is 0 Å². The van der Waals surface area contributed by atoms with E-state index in [9.17, 15) is 0 Å². The number of hydrogen-bond acceptors (Lipinski definition) is 2. The normalized spacial score (nSPS) is 11.7. The Hall–Kier alpha value is -7.30. The maximum atomic E-state index is 5.22. The summed E-state index contributed by atoms with van der Waals surface area (Å²) in [5.74, 6) is 0.708. The molecule has 0 aliphatic heterocycles. The summed E-state index contributed by atoms with van der Waals surface area (Å²) < 4.78 is 4.64. The van der Waals surface area contributed by atoms with Gasteiger partial charge in [0, 0.05) is 50.2 Å². The Bertz CT molecular complexity index is 3190. The van der Waals surface area contributed by atoms with Gasteiger partial charge in [0.2, 0.25) is 0 Å². The van der Waals surface area contributed by atoms with E-state index in [0.717, 1.165) is 39.1 Å². The van der Waals surface area contributed by atoms with Gasteiger partial charge in [-0.15, -0.1) is 0 Å². The number of aromatic nitrogens is 4. The van der Waals surface area contributed by atoms with Gasteiger partial charge < -0.3 is 9.13 Å². The molecular formula is C50H32N4. The zero-order valence-electron chi connectivity index (χ0n) is 29.3. The van der Waals surface area contributed by atoms with Gasteiger partial charge in [0.1, 0.15) is 0 Å². The van der Waals surface area contributed by atoms with Crippen molar-refractivity contribution < 1.29 is 0 Å². The van der Waals surface area contributed by atoms with Crippen molar-refractivity contribution in [2.45, 2.75) is 0 Å². The topological polar surface area (TPSA) is 35.6 Å². The molecule has 54 heavy (non-hydrogen) atoms. The minimum atomic E-state index is 0.708. The van der Waals surface area contributed by atoms with Crippen LogP contribution in [0.1, 0.15) is 0 Å². The highest BCUT2D eigenvalue weighted by Crippen LogP contribution is 2.37. The molecule has 0 aliphatic rings. The number of nitrogens with zero attached hydrogens (tertiary/aromatic N) is 4. The van der Waals surface area contributed by atoms with Crippen LogP contribution in [0.2, 0.25) is 0 Å². The number of hydrogen-bond donors (Lipinski definition) is 0. The van der Waals surface area contributed by atoms with E-state index in [-0.39, 0.29) is 0 Å². The molecule has 3 heterocycles. The predicted molar refractivity (Wildman–Crippen MR) is 225 cm³/mol. The molecule has 252 valence electrons.